The maximum Gasteiger partial charge on any atom is 0.122 e. The van der Waals surface area contributed by atoms with E-state index in [-0.39, 0.29) is 0 Å². The fourth-order valence-corrected chi connectivity index (χ4v) is 1.91. The minimum atomic E-state index is -0.461. The van der Waals surface area contributed by atoms with Gasteiger partial charge in [-0.05, 0) is 43.0 Å². The molecule has 1 atom stereocenters. The molecule has 1 aromatic carbocycles. The van der Waals surface area contributed by atoms with Gasteiger partial charge in [0.2, 0.25) is 0 Å². The average Bonchev–Trinajstić information content (AvgIpc) is 2.15. The predicted molar refractivity (Wildman–Crippen MR) is 67.5 cm³/mol. The average molecular weight is 243 g/mol. The maximum atomic E-state index is 9.19. The molecule has 0 amide bonds. The molecule has 16 heavy (non-hydrogen) atoms. The summed E-state index contributed by atoms with van der Waals surface area (Å²) in [6.45, 7) is 8.14. The van der Waals surface area contributed by atoms with Crippen LogP contribution in [0, 0.1) is 6.92 Å². The zero-order valence-corrected chi connectivity index (χ0v) is 11.0. The molecule has 0 aliphatic heterocycles. The van der Waals surface area contributed by atoms with Crippen LogP contribution in [0.15, 0.2) is 12.1 Å². The third kappa shape index (κ3) is 3.39. The minimum absolute atomic E-state index is 0.306. The van der Waals surface area contributed by atoms with Crippen molar-refractivity contribution < 1.29 is 9.84 Å². The van der Waals surface area contributed by atoms with Crippen LogP contribution in [0.2, 0.25) is 5.02 Å². The Kier molecular flexibility index (Phi) is 4.63. The van der Waals surface area contributed by atoms with Crippen LogP contribution in [0.1, 0.15) is 37.8 Å². The Balaban J connectivity index is 2.96. The van der Waals surface area contributed by atoms with E-state index < -0.39 is 6.10 Å². The van der Waals surface area contributed by atoms with Crippen molar-refractivity contribution in [3.63, 3.8) is 0 Å². The van der Waals surface area contributed by atoms with Crippen molar-refractivity contribution in [2.24, 2.45) is 0 Å². The first-order valence-electron chi connectivity index (χ1n) is 5.52. The first-order valence-corrected chi connectivity index (χ1v) is 5.90. The number of aryl methyl sites for hydroxylation is 1. The second-order valence-electron chi connectivity index (χ2n) is 4.45. The van der Waals surface area contributed by atoms with Gasteiger partial charge < -0.3 is 9.84 Å². The van der Waals surface area contributed by atoms with E-state index in [9.17, 15) is 5.11 Å². The van der Waals surface area contributed by atoms with Crippen molar-refractivity contribution in [2.45, 2.75) is 39.7 Å². The van der Waals surface area contributed by atoms with Crippen molar-refractivity contribution in [3.8, 4) is 5.75 Å². The Morgan fingerprint density at radius 3 is 2.44 bits per heavy atom. The maximum absolute atomic E-state index is 9.19. The van der Waals surface area contributed by atoms with Gasteiger partial charge in [-0.1, -0.05) is 25.4 Å². The summed E-state index contributed by atoms with van der Waals surface area (Å²) in [4.78, 5) is 0. The van der Waals surface area contributed by atoms with Gasteiger partial charge in [0.05, 0.1) is 6.10 Å². The summed E-state index contributed by atoms with van der Waals surface area (Å²) < 4.78 is 5.54. The van der Waals surface area contributed by atoms with Gasteiger partial charge in [0.1, 0.15) is 12.4 Å². The molecule has 1 N–H and O–H groups in total. The molecule has 2 nitrogen and oxygen atoms in total. The van der Waals surface area contributed by atoms with Crippen molar-refractivity contribution in [1.82, 2.24) is 0 Å². The highest BCUT2D eigenvalue weighted by molar-refractivity contribution is 6.31. The first-order chi connectivity index (χ1) is 7.41. The highest BCUT2D eigenvalue weighted by atomic mass is 35.5. The molecule has 0 bridgehead atoms. The molecule has 0 spiro atoms. The monoisotopic (exact) mass is 242 g/mol. The standard InChI is InChI=1S/C13H19ClO2/c1-8(2)11-6-13(16-7-10(4)15)9(3)5-12(11)14/h5-6,8,10,15H,7H2,1-4H3. The summed E-state index contributed by atoms with van der Waals surface area (Å²) >= 11 is 6.15. The van der Waals surface area contributed by atoms with Crippen LogP contribution >= 0.6 is 11.6 Å². The van der Waals surface area contributed by atoms with E-state index in [0.29, 0.717) is 12.5 Å². The summed E-state index contributed by atoms with van der Waals surface area (Å²) in [5.74, 6) is 1.16. The number of halogens is 1. The molecule has 3 heteroatoms. The number of hydrogen-bond donors (Lipinski definition) is 1. The van der Waals surface area contributed by atoms with Crippen molar-refractivity contribution in [3.05, 3.63) is 28.3 Å². The molecule has 0 aliphatic rings. The summed E-state index contributed by atoms with van der Waals surface area (Å²) in [6.07, 6.45) is -0.461. The Bertz CT molecular complexity index is 359. The van der Waals surface area contributed by atoms with Crippen LogP contribution in [-0.2, 0) is 0 Å². The number of rotatable bonds is 4. The van der Waals surface area contributed by atoms with Crippen molar-refractivity contribution >= 4 is 11.6 Å². The van der Waals surface area contributed by atoms with Crippen molar-refractivity contribution in [1.29, 1.82) is 0 Å². The molecule has 0 radical (unpaired) electrons. The lowest BCUT2D eigenvalue weighted by atomic mass is 10.0. The van der Waals surface area contributed by atoms with Gasteiger partial charge in [0.25, 0.3) is 0 Å². The lowest BCUT2D eigenvalue weighted by Crippen LogP contribution is -2.13. The second-order valence-corrected chi connectivity index (χ2v) is 4.86. The van der Waals surface area contributed by atoms with E-state index in [1.165, 1.54) is 0 Å². The Labute approximate surface area is 102 Å². The second kappa shape index (κ2) is 5.55. The van der Waals surface area contributed by atoms with E-state index >= 15 is 0 Å². The molecule has 1 unspecified atom stereocenters. The third-order valence-corrected chi connectivity index (χ3v) is 2.72. The fourth-order valence-electron chi connectivity index (χ4n) is 1.48. The normalized spacial score (nSPS) is 12.9. The molecule has 0 aromatic heterocycles. The topological polar surface area (TPSA) is 29.5 Å². The molecule has 1 rings (SSSR count). The summed E-state index contributed by atoms with van der Waals surface area (Å²) in [5, 5.41) is 9.96. The minimum Gasteiger partial charge on any atom is -0.491 e. The highest BCUT2D eigenvalue weighted by Gasteiger charge is 2.10. The van der Waals surface area contributed by atoms with Gasteiger partial charge >= 0.3 is 0 Å². The lowest BCUT2D eigenvalue weighted by molar-refractivity contribution is 0.122. The number of hydrogen-bond acceptors (Lipinski definition) is 2. The number of aliphatic hydroxyl groups is 1. The zero-order valence-electron chi connectivity index (χ0n) is 10.2. The predicted octanol–water partition coefficient (Wildman–Crippen LogP) is 3.53. The number of ether oxygens (including phenoxy) is 1. The molecule has 0 saturated carbocycles. The van der Waals surface area contributed by atoms with Crippen LogP contribution in [-0.4, -0.2) is 17.8 Å². The number of benzene rings is 1. The molecule has 1 aromatic rings. The summed E-state index contributed by atoms with van der Waals surface area (Å²) in [5.41, 5.74) is 2.07. The molecular formula is C13H19ClO2. The van der Waals surface area contributed by atoms with Gasteiger partial charge in [-0.15, -0.1) is 0 Å². The SMILES string of the molecule is Cc1cc(Cl)c(C(C)C)cc1OCC(C)O. The van der Waals surface area contributed by atoms with Crippen molar-refractivity contribution in [2.75, 3.05) is 6.61 Å². The lowest BCUT2D eigenvalue weighted by Gasteiger charge is -2.15. The molecular weight excluding hydrogens is 224 g/mol. The van der Waals surface area contributed by atoms with Gasteiger partial charge in [-0.3, -0.25) is 0 Å². The summed E-state index contributed by atoms with van der Waals surface area (Å²) in [7, 11) is 0. The van der Waals surface area contributed by atoms with Gasteiger partial charge in [0.15, 0.2) is 0 Å². The van der Waals surface area contributed by atoms with Gasteiger partial charge in [-0.25, -0.2) is 0 Å². The van der Waals surface area contributed by atoms with Crippen LogP contribution in [0.3, 0.4) is 0 Å². The Hall–Kier alpha value is -0.730. The van der Waals surface area contributed by atoms with Crippen LogP contribution < -0.4 is 4.74 Å². The smallest absolute Gasteiger partial charge is 0.122 e. The van der Waals surface area contributed by atoms with Crippen LogP contribution in [0.4, 0.5) is 0 Å². The van der Waals surface area contributed by atoms with E-state index in [4.69, 9.17) is 16.3 Å². The Morgan fingerprint density at radius 2 is 1.94 bits per heavy atom. The first kappa shape index (κ1) is 13.3. The molecule has 90 valence electrons. The molecule has 0 heterocycles. The summed E-state index contributed by atoms with van der Waals surface area (Å²) in [6, 6.07) is 3.87. The number of aliphatic hydroxyl groups excluding tert-OH is 1. The van der Waals surface area contributed by atoms with E-state index in [1.54, 1.807) is 6.92 Å². The van der Waals surface area contributed by atoms with E-state index in [2.05, 4.69) is 13.8 Å². The quantitative estimate of drug-likeness (QED) is 0.875. The molecule has 0 fully saturated rings. The third-order valence-electron chi connectivity index (χ3n) is 2.40. The zero-order chi connectivity index (χ0) is 12.3. The molecule has 0 saturated heterocycles. The van der Waals surface area contributed by atoms with E-state index in [0.717, 1.165) is 21.9 Å². The Morgan fingerprint density at radius 1 is 1.31 bits per heavy atom. The van der Waals surface area contributed by atoms with E-state index in [1.807, 2.05) is 19.1 Å². The van der Waals surface area contributed by atoms with Gasteiger partial charge in [0, 0.05) is 5.02 Å². The molecule has 0 aliphatic carbocycles. The highest BCUT2D eigenvalue weighted by Crippen LogP contribution is 2.31. The largest absolute Gasteiger partial charge is 0.491 e. The van der Waals surface area contributed by atoms with Crippen LogP contribution in [0.5, 0.6) is 5.75 Å². The van der Waals surface area contributed by atoms with Crippen LogP contribution in [0.25, 0.3) is 0 Å². The van der Waals surface area contributed by atoms with Gasteiger partial charge in [-0.2, -0.15) is 0 Å². The fraction of sp³-hybridized carbons (Fsp3) is 0.538.